The lowest BCUT2D eigenvalue weighted by atomic mass is 9.76. The third kappa shape index (κ3) is 2.50. The van der Waals surface area contributed by atoms with Crippen molar-refractivity contribution in [3.05, 3.63) is 23.8 Å². The minimum absolute atomic E-state index is 0.0560. The van der Waals surface area contributed by atoms with Crippen LogP contribution < -0.4 is 5.46 Å². The Kier molecular flexibility index (Phi) is 2.88. The summed E-state index contributed by atoms with van der Waals surface area (Å²) in [5, 5.41) is 27.3. The van der Waals surface area contributed by atoms with Gasteiger partial charge in [-0.05, 0) is 28.6 Å². The topological polar surface area (TPSA) is 60.7 Å². The Morgan fingerprint density at radius 3 is 2.07 bits per heavy atom. The molecule has 0 aliphatic carbocycles. The summed E-state index contributed by atoms with van der Waals surface area (Å²) in [4.78, 5) is 0. The second-order valence-electron chi connectivity index (χ2n) is 4.44. The minimum atomic E-state index is -1.54. The summed E-state index contributed by atoms with van der Waals surface area (Å²) in [6.45, 7) is 5.99. The average molecular weight is 194 g/mol. The molecule has 0 radical (unpaired) electrons. The van der Waals surface area contributed by atoms with E-state index in [1.165, 1.54) is 6.07 Å². The van der Waals surface area contributed by atoms with E-state index in [1.807, 2.05) is 20.8 Å². The van der Waals surface area contributed by atoms with Crippen molar-refractivity contribution in [2.45, 2.75) is 26.2 Å². The second-order valence-corrected chi connectivity index (χ2v) is 4.44. The monoisotopic (exact) mass is 194 g/mol. The molecule has 0 spiro atoms. The molecule has 3 nitrogen and oxygen atoms in total. The van der Waals surface area contributed by atoms with Crippen LogP contribution in [0.2, 0.25) is 0 Å². The zero-order valence-corrected chi connectivity index (χ0v) is 8.65. The highest BCUT2D eigenvalue weighted by atomic mass is 16.4. The normalized spacial score (nSPS) is 11.5. The lowest BCUT2D eigenvalue weighted by molar-refractivity contribution is 0.424. The van der Waals surface area contributed by atoms with Gasteiger partial charge in [-0.3, -0.25) is 0 Å². The quantitative estimate of drug-likeness (QED) is 0.566. The van der Waals surface area contributed by atoms with E-state index in [4.69, 9.17) is 10.0 Å². The molecule has 0 fully saturated rings. The molecule has 0 aliphatic rings. The van der Waals surface area contributed by atoms with Crippen molar-refractivity contribution in [3.8, 4) is 5.75 Å². The summed E-state index contributed by atoms with van der Waals surface area (Å²) < 4.78 is 0. The number of rotatable bonds is 1. The van der Waals surface area contributed by atoms with Gasteiger partial charge in [0.15, 0.2) is 0 Å². The van der Waals surface area contributed by atoms with E-state index in [1.54, 1.807) is 12.1 Å². The van der Waals surface area contributed by atoms with Crippen LogP contribution in [0.1, 0.15) is 26.3 Å². The first-order valence-corrected chi connectivity index (χ1v) is 4.51. The van der Waals surface area contributed by atoms with Gasteiger partial charge in [0.2, 0.25) is 0 Å². The summed E-state index contributed by atoms with van der Waals surface area (Å²) in [6.07, 6.45) is 0. The van der Waals surface area contributed by atoms with Gasteiger partial charge in [-0.2, -0.15) is 0 Å². The third-order valence-corrected chi connectivity index (χ3v) is 2.10. The van der Waals surface area contributed by atoms with Crippen LogP contribution in [0.15, 0.2) is 18.2 Å². The molecule has 0 saturated heterocycles. The number of phenols is 1. The standard InChI is InChI=1S/C10H15BO3/c1-10(2,3)7-4-8(11(13)14)6-9(12)5-7/h4-6,12-14H,1-3H3. The van der Waals surface area contributed by atoms with Crippen LogP contribution in [-0.2, 0) is 5.41 Å². The van der Waals surface area contributed by atoms with E-state index in [-0.39, 0.29) is 11.2 Å². The van der Waals surface area contributed by atoms with Crippen molar-refractivity contribution in [1.29, 1.82) is 0 Å². The number of aromatic hydroxyl groups is 1. The predicted molar refractivity (Wildman–Crippen MR) is 56.6 cm³/mol. The molecule has 0 aromatic heterocycles. The Hall–Kier alpha value is -0.995. The summed E-state index contributed by atoms with van der Waals surface area (Å²) in [5.41, 5.74) is 1.07. The lowest BCUT2D eigenvalue weighted by Crippen LogP contribution is -2.31. The number of hydrogen-bond donors (Lipinski definition) is 3. The zero-order valence-electron chi connectivity index (χ0n) is 8.65. The first-order valence-electron chi connectivity index (χ1n) is 4.51. The van der Waals surface area contributed by atoms with E-state index in [2.05, 4.69) is 0 Å². The highest BCUT2D eigenvalue weighted by Gasteiger charge is 2.19. The third-order valence-electron chi connectivity index (χ3n) is 2.10. The van der Waals surface area contributed by atoms with Gasteiger partial charge in [-0.1, -0.05) is 26.8 Å². The van der Waals surface area contributed by atoms with Gasteiger partial charge < -0.3 is 15.2 Å². The Morgan fingerprint density at radius 1 is 1.07 bits per heavy atom. The Morgan fingerprint density at radius 2 is 1.64 bits per heavy atom. The van der Waals surface area contributed by atoms with Crippen molar-refractivity contribution in [2.75, 3.05) is 0 Å². The highest BCUT2D eigenvalue weighted by Crippen LogP contribution is 2.24. The highest BCUT2D eigenvalue weighted by molar-refractivity contribution is 6.58. The molecule has 0 aliphatic heterocycles. The molecular weight excluding hydrogens is 179 g/mol. The zero-order chi connectivity index (χ0) is 10.9. The summed E-state index contributed by atoms with van der Waals surface area (Å²) >= 11 is 0. The van der Waals surface area contributed by atoms with Gasteiger partial charge in [0.1, 0.15) is 5.75 Å². The predicted octanol–water partition coefficient (Wildman–Crippen LogP) is 0.369. The lowest BCUT2D eigenvalue weighted by Gasteiger charge is -2.20. The first kappa shape index (κ1) is 11.1. The fourth-order valence-corrected chi connectivity index (χ4v) is 1.22. The van der Waals surface area contributed by atoms with Crippen LogP contribution in [0.4, 0.5) is 0 Å². The number of phenolic OH excluding ortho intramolecular Hbond substituents is 1. The van der Waals surface area contributed by atoms with Crippen LogP contribution >= 0.6 is 0 Å². The van der Waals surface area contributed by atoms with Gasteiger partial charge in [0.05, 0.1) is 0 Å². The Bertz CT molecular complexity index is 329. The second kappa shape index (κ2) is 3.63. The molecule has 1 aromatic rings. The largest absolute Gasteiger partial charge is 0.508 e. The van der Waals surface area contributed by atoms with Gasteiger partial charge in [0, 0.05) is 0 Å². The molecule has 4 heteroatoms. The maximum Gasteiger partial charge on any atom is 0.488 e. The summed E-state index contributed by atoms with van der Waals surface area (Å²) in [7, 11) is -1.54. The maximum absolute atomic E-state index is 9.38. The number of benzene rings is 1. The van der Waals surface area contributed by atoms with E-state index in [0.717, 1.165) is 5.56 Å². The smallest absolute Gasteiger partial charge is 0.488 e. The van der Waals surface area contributed by atoms with Crippen molar-refractivity contribution in [3.63, 3.8) is 0 Å². The molecular formula is C10H15BO3. The van der Waals surface area contributed by atoms with Crippen LogP contribution in [0.3, 0.4) is 0 Å². The molecule has 0 atom stereocenters. The minimum Gasteiger partial charge on any atom is -0.508 e. The molecule has 1 rings (SSSR count). The van der Waals surface area contributed by atoms with Gasteiger partial charge in [0.25, 0.3) is 0 Å². The van der Waals surface area contributed by atoms with E-state index in [0.29, 0.717) is 5.46 Å². The van der Waals surface area contributed by atoms with Gasteiger partial charge >= 0.3 is 7.12 Å². The van der Waals surface area contributed by atoms with E-state index >= 15 is 0 Å². The Balaban J connectivity index is 3.21. The fourth-order valence-electron chi connectivity index (χ4n) is 1.22. The van der Waals surface area contributed by atoms with E-state index < -0.39 is 7.12 Å². The van der Waals surface area contributed by atoms with Crippen molar-refractivity contribution < 1.29 is 15.2 Å². The van der Waals surface area contributed by atoms with Crippen molar-refractivity contribution in [1.82, 2.24) is 0 Å². The van der Waals surface area contributed by atoms with Crippen LogP contribution in [0.5, 0.6) is 5.75 Å². The molecule has 0 bridgehead atoms. The molecule has 0 amide bonds. The number of hydrogen-bond acceptors (Lipinski definition) is 3. The first-order chi connectivity index (χ1) is 6.30. The fraction of sp³-hybridized carbons (Fsp3) is 0.400. The summed E-state index contributed by atoms with van der Waals surface area (Å²) in [5.74, 6) is 0.0560. The van der Waals surface area contributed by atoms with Crippen LogP contribution in [0, 0.1) is 0 Å². The Labute approximate surface area is 84.2 Å². The van der Waals surface area contributed by atoms with Gasteiger partial charge in [-0.15, -0.1) is 0 Å². The SMILES string of the molecule is CC(C)(C)c1cc(O)cc(B(O)O)c1. The van der Waals surface area contributed by atoms with Gasteiger partial charge in [-0.25, -0.2) is 0 Å². The van der Waals surface area contributed by atoms with Crippen LogP contribution in [-0.4, -0.2) is 22.3 Å². The molecule has 0 saturated carbocycles. The molecule has 0 unspecified atom stereocenters. The summed E-state index contributed by atoms with van der Waals surface area (Å²) in [6, 6.07) is 4.66. The molecule has 0 heterocycles. The molecule has 14 heavy (non-hydrogen) atoms. The molecule has 76 valence electrons. The van der Waals surface area contributed by atoms with Crippen molar-refractivity contribution >= 4 is 12.6 Å². The van der Waals surface area contributed by atoms with Crippen molar-refractivity contribution in [2.24, 2.45) is 0 Å². The maximum atomic E-state index is 9.38. The molecule has 1 aromatic carbocycles. The average Bonchev–Trinajstić information content (AvgIpc) is 2.01. The van der Waals surface area contributed by atoms with Crippen LogP contribution in [0.25, 0.3) is 0 Å². The van der Waals surface area contributed by atoms with E-state index in [9.17, 15) is 5.11 Å². The molecule has 3 N–H and O–H groups in total.